The van der Waals surface area contributed by atoms with Crippen LogP contribution >= 0.6 is 11.3 Å². The van der Waals surface area contributed by atoms with Crippen LogP contribution in [0.5, 0.6) is 0 Å². The van der Waals surface area contributed by atoms with Crippen molar-refractivity contribution in [3.63, 3.8) is 0 Å². The van der Waals surface area contributed by atoms with E-state index in [9.17, 15) is 22.8 Å². The zero-order chi connectivity index (χ0) is 28.9. The lowest BCUT2D eigenvalue weighted by atomic mass is 10.0. The fourth-order valence-electron chi connectivity index (χ4n) is 4.90. The fourth-order valence-corrected chi connectivity index (χ4v) is 7.59. The highest BCUT2D eigenvalue weighted by atomic mass is 32.2. The first-order valence-corrected chi connectivity index (χ1v) is 15.8. The summed E-state index contributed by atoms with van der Waals surface area (Å²) in [6, 6.07) is 5.71. The Bertz CT molecular complexity index is 1330. The van der Waals surface area contributed by atoms with Crippen LogP contribution in [0, 0.1) is 0 Å². The molecule has 2 amide bonds. The minimum atomic E-state index is -3.80. The van der Waals surface area contributed by atoms with Crippen LogP contribution in [0.25, 0.3) is 0 Å². The average Bonchev–Trinajstić information content (AvgIpc) is 3.30. The molecule has 0 spiro atoms. The normalized spacial score (nSPS) is 16.3. The molecule has 13 heteroatoms. The molecule has 3 heterocycles. The molecule has 1 aromatic heterocycles. The van der Waals surface area contributed by atoms with Crippen molar-refractivity contribution in [3.8, 4) is 0 Å². The summed E-state index contributed by atoms with van der Waals surface area (Å²) in [5.41, 5.74) is 1.60. The third-order valence-corrected chi connectivity index (χ3v) is 9.95. The molecular formula is C27H36N4O7S2. The molecule has 1 aromatic carbocycles. The Morgan fingerprint density at radius 2 is 1.62 bits per heavy atom. The van der Waals surface area contributed by atoms with Crippen LogP contribution in [-0.2, 0) is 32.5 Å². The maximum Gasteiger partial charge on any atom is 0.409 e. The van der Waals surface area contributed by atoms with E-state index >= 15 is 0 Å². The van der Waals surface area contributed by atoms with Crippen molar-refractivity contribution >= 4 is 44.3 Å². The highest BCUT2D eigenvalue weighted by molar-refractivity contribution is 7.89. The van der Waals surface area contributed by atoms with Crippen LogP contribution in [0.2, 0.25) is 0 Å². The van der Waals surface area contributed by atoms with E-state index in [4.69, 9.17) is 9.47 Å². The minimum Gasteiger partial charge on any atom is -0.462 e. The van der Waals surface area contributed by atoms with Crippen LogP contribution in [0.4, 0.5) is 9.80 Å². The number of carbonyl (C=O) groups is 3. The fraction of sp³-hybridized carbons (Fsp3) is 0.519. The third kappa shape index (κ3) is 6.48. The monoisotopic (exact) mass is 592 g/mol. The van der Waals surface area contributed by atoms with Crippen LogP contribution in [-0.4, -0.2) is 93.0 Å². The summed E-state index contributed by atoms with van der Waals surface area (Å²) >= 11 is 1.39. The molecule has 2 aliphatic rings. The van der Waals surface area contributed by atoms with Gasteiger partial charge in [-0.1, -0.05) is 6.92 Å². The van der Waals surface area contributed by atoms with E-state index in [1.54, 1.807) is 13.8 Å². The number of anilines is 1. The lowest BCUT2D eigenvalue weighted by Crippen LogP contribution is -2.50. The predicted octanol–water partition coefficient (Wildman–Crippen LogP) is 3.41. The van der Waals surface area contributed by atoms with Gasteiger partial charge >= 0.3 is 12.1 Å². The van der Waals surface area contributed by atoms with Crippen LogP contribution < -0.4 is 5.32 Å². The van der Waals surface area contributed by atoms with Gasteiger partial charge in [0, 0.05) is 49.7 Å². The minimum absolute atomic E-state index is 0.0588. The lowest BCUT2D eigenvalue weighted by molar-refractivity contribution is 0.0526. The van der Waals surface area contributed by atoms with Crippen molar-refractivity contribution in [3.05, 3.63) is 45.8 Å². The number of hydrogen-bond acceptors (Lipinski definition) is 9. The second-order valence-corrected chi connectivity index (χ2v) is 12.6. The molecule has 0 radical (unpaired) electrons. The van der Waals surface area contributed by atoms with Gasteiger partial charge in [0.05, 0.1) is 23.7 Å². The van der Waals surface area contributed by atoms with Crippen molar-refractivity contribution in [2.45, 2.75) is 45.1 Å². The number of esters is 1. The van der Waals surface area contributed by atoms with Gasteiger partial charge in [0.15, 0.2) is 0 Å². The van der Waals surface area contributed by atoms with Gasteiger partial charge in [-0.05, 0) is 63.1 Å². The smallest absolute Gasteiger partial charge is 0.409 e. The number of ether oxygens (including phenoxy) is 2. The van der Waals surface area contributed by atoms with Crippen LogP contribution in [0.1, 0.15) is 58.3 Å². The second kappa shape index (κ2) is 13.1. The van der Waals surface area contributed by atoms with Gasteiger partial charge in [-0.3, -0.25) is 9.69 Å². The first-order chi connectivity index (χ1) is 19.2. The highest BCUT2D eigenvalue weighted by Crippen LogP contribution is 2.38. The standard InChI is InChI=1S/C27H36N4O7S2/c1-4-12-29-13-11-21-22(18-29)39-25(23(21)26(33)37-5-2)28-24(32)19-7-9-20(10-8-19)40(35,36)31-16-14-30(15-17-31)27(34)38-6-3/h7-10H,4-6,11-18H2,1-3H3,(H,28,32). The summed E-state index contributed by atoms with van der Waals surface area (Å²) in [6.07, 6.45) is 1.28. The Hall–Kier alpha value is -3.00. The summed E-state index contributed by atoms with van der Waals surface area (Å²) in [7, 11) is -3.80. The Kier molecular flexibility index (Phi) is 9.82. The maximum atomic E-state index is 13.2. The van der Waals surface area contributed by atoms with E-state index < -0.39 is 28.0 Å². The van der Waals surface area contributed by atoms with E-state index in [-0.39, 0.29) is 49.9 Å². The van der Waals surface area contributed by atoms with Crippen LogP contribution in [0.3, 0.4) is 0 Å². The molecule has 11 nitrogen and oxygen atoms in total. The predicted molar refractivity (Wildman–Crippen MR) is 151 cm³/mol. The van der Waals surface area contributed by atoms with Crippen LogP contribution in [0.15, 0.2) is 29.2 Å². The lowest BCUT2D eigenvalue weighted by Gasteiger charge is -2.33. The maximum absolute atomic E-state index is 13.2. The quantitative estimate of drug-likeness (QED) is 0.439. The number of nitrogens with one attached hydrogen (secondary N) is 1. The Balaban J connectivity index is 1.47. The molecule has 1 N–H and O–H groups in total. The van der Waals surface area contributed by atoms with Gasteiger partial charge in [0.25, 0.3) is 5.91 Å². The zero-order valence-corrected chi connectivity index (χ0v) is 24.7. The molecule has 0 atom stereocenters. The number of rotatable bonds is 9. The molecule has 218 valence electrons. The van der Waals surface area contributed by atoms with Crippen molar-refractivity contribution in [1.82, 2.24) is 14.1 Å². The van der Waals surface area contributed by atoms with E-state index in [2.05, 4.69) is 17.1 Å². The topological polar surface area (TPSA) is 126 Å². The molecule has 40 heavy (non-hydrogen) atoms. The number of benzene rings is 1. The largest absolute Gasteiger partial charge is 0.462 e. The number of carbonyl (C=O) groups excluding carboxylic acids is 3. The first kappa shape index (κ1) is 30.0. The van der Waals surface area contributed by atoms with E-state index in [1.807, 2.05) is 0 Å². The molecular weight excluding hydrogens is 556 g/mol. The summed E-state index contributed by atoms with van der Waals surface area (Å²) in [5.74, 6) is -0.898. The Morgan fingerprint density at radius 3 is 2.25 bits per heavy atom. The number of piperazine rings is 1. The van der Waals surface area contributed by atoms with Gasteiger partial charge < -0.3 is 19.7 Å². The zero-order valence-electron chi connectivity index (χ0n) is 23.1. The summed E-state index contributed by atoms with van der Waals surface area (Å²) in [5, 5.41) is 3.32. The first-order valence-electron chi connectivity index (χ1n) is 13.6. The van der Waals surface area contributed by atoms with E-state index in [0.717, 1.165) is 36.5 Å². The molecule has 1 fully saturated rings. The number of amides is 2. The molecule has 4 rings (SSSR count). The van der Waals surface area contributed by atoms with Gasteiger partial charge in [0.1, 0.15) is 5.00 Å². The number of nitrogens with zero attached hydrogens (tertiary/aromatic N) is 3. The van der Waals surface area contributed by atoms with E-state index in [0.29, 0.717) is 17.0 Å². The molecule has 0 aliphatic carbocycles. The number of thiophene rings is 1. The van der Waals surface area contributed by atoms with Crippen molar-refractivity contribution in [2.24, 2.45) is 0 Å². The molecule has 0 saturated carbocycles. The summed E-state index contributed by atoms with van der Waals surface area (Å²) in [6.45, 7) is 9.38. The van der Waals surface area contributed by atoms with Crippen molar-refractivity contribution in [2.75, 3.05) is 57.8 Å². The summed E-state index contributed by atoms with van der Waals surface area (Å²) < 4.78 is 37.9. The average molecular weight is 593 g/mol. The molecule has 2 aromatic rings. The molecule has 0 bridgehead atoms. The van der Waals surface area contributed by atoms with Crippen molar-refractivity contribution in [1.29, 1.82) is 0 Å². The van der Waals surface area contributed by atoms with Gasteiger partial charge in [-0.15, -0.1) is 11.3 Å². The molecule has 1 saturated heterocycles. The number of fused-ring (bicyclic) bond motifs is 1. The third-order valence-electron chi connectivity index (χ3n) is 6.90. The Labute approximate surface area is 239 Å². The number of hydrogen-bond donors (Lipinski definition) is 1. The van der Waals surface area contributed by atoms with Crippen molar-refractivity contribution < 1.29 is 32.3 Å². The van der Waals surface area contributed by atoms with E-state index in [1.165, 1.54) is 44.8 Å². The summed E-state index contributed by atoms with van der Waals surface area (Å²) in [4.78, 5) is 42.8. The SMILES string of the molecule is CCCN1CCc2c(sc(NC(=O)c3ccc(S(=O)(=O)N4CCN(C(=O)OCC)CC4)cc3)c2C(=O)OCC)C1. The van der Waals surface area contributed by atoms with Gasteiger partial charge in [0.2, 0.25) is 10.0 Å². The Morgan fingerprint density at radius 1 is 0.950 bits per heavy atom. The number of sulfonamides is 1. The molecule has 2 aliphatic heterocycles. The van der Waals surface area contributed by atoms with Gasteiger partial charge in [-0.2, -0.15) is 4.31 Å². The molecule has 0 unspecified atom stereocenters. The highest BCUT2D eigenvalue weighted by Gasteiger charge is 2.32. The second-order valence-electron chi connectivity index (χ2n) is 9.52. The van der Waals surface area contributed by atoms with Gasteiger partial charge in [-0.25, -0.2) is 18.0 Å².